The molecule has 0 N–H and O–H groups in total. The number of aromatic nitrogens is 4. The van der Waals surface area contributed by atoms with E-state index in [-0.39, 0.29) is 0 Å². The van der Waals surface area contributed by atoms with Gasteiger partial charge in [-0.05, 0) is 80.9 Å². The van der Waals surface area contributed by atoms with Gasteiger partial charge in [0.15, 0.2) is 23.1 Å². The van der Waals surface area contributed by atoms with Gasteiger partial charge >= 0.3 is 0 Å². The standard InChI is InChI=1S/C63H40N4O/c1-4-14-41(15-5-1)44-26-30-47(31-27-44)61-64-62(48-32-28-45(29-33-48)42-16-6-2-7-17-42)66-63(65-61)55-23-13-25-57-58(55)54-39-38-53-52-22-10-11-24-56(52)67(59(53)60(54)68-57)51-36-34-46(35-37-51)50-21-12-20-49(40-50)43-18-8-3-9-19-43/h1-40H. The Hall–Kier alpha value is -9.19. The second-order valence-electron chi connectivity index (χ2n) is 17.2. The fourth-order valence-corrected chi connectivity index (χ4v) is 9.74. The van der Waals surface area contributed by atoms with Crippen molar-refractivity contribution >= 4 is 43.7 Å². The molecule has 318 valence electrons. The van der Waals surface area contributed by atoms with Gasteiger partial charge in [0, 0.05) is 43.9 Å². The zero-order valence-electron chi connectivity index (χ0n) is 36.8. The molecule has 5 heteroatoms. The van der Waals surface area contributed by atoms with Crippen molar-refractivity contribution in [3.8, 4) is 84.4 Å². The summed E-state index contributed by atoms with van der Waals surface area (Å²) in [6, 6.07) is 85.1. The molecule has 0 aliphatic heterocycles. The lowest BCUT2D eigenvalue weighted by Gasteiger charge is -2.11. The Morgan fingerprint density at radius 2 is 0.750 bits per heavy atom. The third-order valence-corrected chi connectivity index (χ3v) is 13.1. The van der Waals surface area contributed by atoms with E-state index in [1.54, 1.807) is 0 Å². The van der Waals surface area contributed by atoms with Crippen LogP contribution in [0.1, 0.15) is 0 Å². The summed E-state index contributed by atoms with van der Waals surface area (Å²) in [5.41, 5.74) is 16.7. The highest BCUT2D eigenvalue weighted by Crippen LogP contribution is 2.43. The lowest BCUT2D eigenvalue weighted by Crippen LogP contribution is -2.00. The molecule has 0 saturated heterocycles. The highest BCUT2D eigenvalue weighted by molar-refractivity contribution is 6.23. The number of hydrogen-bond donors (Lipinski definition) is 0. The summed E-state index contributed by atoms with van der Waals surface area (Å²) in [6.45, 7) is 0. The molecule has 3 heterocycles. The minimum atomic E-state index is 0.574. The van der Waals surface area contributed by atoms with Crippen LogP contribution in [0.4, 0.5) is 0 Å². The number of fused-ring (bicyclic) bond motifs is 7. The SMILES string of the molecule is c1ccc(-c2ccc(-c3nc(-c4ccc(-c5ccccc5)cc4)nc(-c4cccc5oc6c(ccc7c8ccccc8n(-c8ccc(-c9cccc(-c%10ccccc%10)c9)cc8)c76)c45)n3)cc2)cc1. The van der Waals surface area contributed by atoms with Gasteiger partial charge in [-0.3, -0.25) is 0 Å². The molecule has 0 radical (unpaired) electrons. The molecule has 0 fully saturated rings. The van der Waals surface area contributed by atoms with Crippen LogP contribution in [0.25, 0.3) is 128 Å². The summed E-state index contributed by atoms with van der Waals surface area (Å²) in [7, 11) is 0. The van der Waals surface area contributed by atoms with Crippen LogP contribution in [0.2, 0.25) is 0 Å². The van der Waals surface area contributed by atoms with Crippen LogP contribution in [0.15, 0.2) is 247 Å². The van der Waals surface area contributed by atoms with Crippen molar-refractivity contribution < 1.29 is 4.42 Å². The first-order chi connectivity index (χ1) is 33.7. The van der Waals surface area contributed by atoms with Crippen LogP contribution in [0.3, 0.4) is 0 Å². The third-order valence-electron chi connectivity index (χ3n) is 13.1. The van der Waals surface area contributed by atoms with Crippen molar-refractivity contribution in [3.63, 3.8) is 0 Å². The minimum Gasteiger partial charge on any atom is -0.454 e. The maximum atomic E-state index is 7.02. The van der Waals surface area contributed by atoms with Gasteiger partial charge in [0.05, 0.1) is 11.0 Å². The van der Waals surface area contributed by atoms with Gasteiger partial charge in [-0.2, -0.15) is 0 Å². The molecule has 13 aromatic rings. The highest BCUT2D eigenvalue weighted by atomic mass is 16.3. The van der Waals surface area contributed by atoms with E-state index in [9.17, 15) is 0 Å². The number of benzene rings is 10. The minimum absolute atomic E-state index is 0.574. The van der Waals surface area contributed by atoms with Gasteiger partial charge in [0.2, 0.25) is 0 Å². The number of hydrogen-bond acceptors (Lipinski definition) is 4. The number of rotatable bonds is 8. The summed E-state index contributed by atoms with van der Waals surface area (Å²) in [6.07, 6.45) is 0. The van der Waals surface area contributed by atoms with Crippen LogP contribution >= 0.6 is 0 Å². The molecule has 0 aliphatic rings. The van der Waals surface area contributed by atoms with Crippen molar-refractivity contribution in [2.24, 2.45) is 0 Å². The second-order valence-corrected chi connectivity index (χ2v) is 17.2. The predicted molar refractivity (Wildman–Crippen MR) is 279 cm³/mol. The van der Waals surface area contributed by atoms with E-state index in [1.807, 2.05) is 24.3 Å². The number of para-hydroxylation sites is 1. The second kappa shape index (κ2) is 16.4. The maximum Gasteiger partial charge on any atom is 0.164 e. The fourth-order valence-electron chi connectivity index (χ4n) is 9.74. The van der Waals surface area contributed by atoms with Crippen molar-refractivity contribution in [3.05, 3.63) is 243 Å². The van der Waals surface area contributed by atoms with E-state index in [0.29, 0.717) is 17.5 Å². The molecule has 0 spiro atoms. The van der Waals surface area contributed by atoms with Gasteiger partial charge in [-0.25, -0.2) is 15.0 Å². The molecule has 0 amide bonds. The molecule has 0 atom stereocenters. The van der Waals surface area contributed by atoms with Gasteiger partial charge in [-0.1, -0.05) is 206 Å². The Bertz CT molecular complexity index is 3870. The zero-order valence-corrected chi connectivity index (χ0v) is 36.8. The fraction of sp³-hybridized carbons (Fsp3) is 0. The van der Waals surface area contributed by atoms with Gasteiger partial charge in [0.1, 0.15) is 5.58 Å². The molecule has 5 nitrogen and oxygen atoms in total. The van der Waals surface area contributed by atoms with Crippen molar-refractivity contribution in [1.29, 1.82) is 0 Å². The number of nitrogens with zero attached hydrogens (tertiary/aromatic N) is 4. The molecular weight excluding hydrogens is 829 g/mol. The third kappa shape index (κ3) is 6.84. The highest BCUT2D eigenvalue weighted by Gasteiger charge is 2.23. The molecule has 68 heavy (non-hydrogen) atoms. The van der Waals surface area contributed by atoms with Crippen molar-refractivity contribution in [2.75, 3.05) is 0 Å². The zero-order chi connectivity index (χ0) is 45.0. The first-order valence-electron chi connectivity index (χ1n) is 22.9. The molecule has 10 aromatic carbocycles. The van der Waals surface area contributed by atoms with Gasteiger partial charge in [0.25, 0.3) is 0 Å². The smallest absolute Gasteiger partial charge is 0.164 e. The van der Waals surface area contributed by atoms with Crippen LogP contribution in [-0.4, -0.2) is 19.5 Å². The molecule has 0 aliphatic carbocycles. The van der Waals surface area contributed by atoms with E-state index in [2.05, 4.69) is 223 Å². The van der Waals surface area contributed by atoms with Crippen LogP contribution in [-0.2, 0) is 0 Å². The Kier molecular flexibility index (Phi) is 9.43. The van der Waals surface area contributed by atoms with E-state index < -0.39 is 0 Å². The lowest BCUT2D eigenvalue weighted by atomic mass is 9.99. The van der Waals surface area contributed by atoms with Gasteiger partial charge in [-0.15, -0.1) is 0 Å². The quantitative estimate of drug-likeness (QED) is 0.153. The first-order valence-corrected chi connectivity index (χ1v) is 22.9. The Morgan fingerprint density at radius 3 is 1.35 bits per heavy atom. The Morgan fingerprint density at radius 1 is 0.309 bits per heavy atom. The molecule has 13 rings (SSSR count). The monoisotopic (exact) mass is 868 g/mol. The lowest BCUT2D eigenvalue weighted by molar-refractivity contribution is 0.671. The van der Waals surface area contributed by atoms with E-state index in [1.165, 1.54) is 16.7 Å². The average molecular weight is 869 g/mol. The summed E-state index contributed by atoms with van der Waals surface area (Å²) in [4.78, 5) is 15.6. The molecular formula is C63H40N4O. The largest absolute Gasteiger partial charge is 0.454 e. The first kappa shape index (κ1) is 39.2. The van der Waals surface area contributed by atoms with E-state index in [4.69, 9.17) is 19.4 Å². The van der Waals surface area contributed by atoms with E-state index >= 15 is 0 Å². The summed E-state index contributed by atoms with van der Waals surface area (Å²) >= 11 is 0. The van der Waals surface area contributed by atoms with E-state index in [0.717, 1.165) is 93.9 Å². The van der Waals surface area contributed by atoms with Crippen LogP contribution < -0.4 is 0 Å². The topological polar surface area (TPSA) is 56.7 Å². The summed E-state index contributed by atoms with van der Waals surface area (Å²) in [5, 5.41) is 4.23. The molecule has 3 aromatic heterocycles. The molecule has 0 bridgehead atoms. The Balaban J connectivity index is 0.962. The molecule has 0 unspecified atom stereocenters. The Labute approximate surface area is 392 Å². The summed E-state index contributed by atoms with van der Waals surface area (Å²) in [5.74, 6) is 1.77. The van der Waals surface area contributed by atoms with Crippen LogP contribution in [0.5, 0.6) is 0 Å². The maximum absolute atomic E-state index is 7.02. The van der Waals surface area contributed by atoms with Crippen molar-refractivity contribution in [2.45, 2.75) is 0 Å². The average Bonchev–Trinajstić information content (AvgIpc) is 3.98. The molecule has 0 saturated carbocycles. The number of furan rings is 1. The predicted octanol–water partition coefficient (Wildman–Crippen LogP) is 16.5. The van der Waals surface area contributed by atoms with Crippen molar-refractivity contribution in [1.82, 2.24) is 19.5 Å². The van der Waals surface area contributed by atoms with Gasteiger partial charge < -0.3 is 8.98 Å². The summed E-state index contributed by atoms with van der Waals surface area (Å²) < 4.78 is 9.36. The normalized spacial score (nSPS) is 11.5. The van der Waals surface area contributed by atoms with Crippen LogP contribution in [0, 0.1) is 0 Å².